The number of nitrogens with one attached hydrogen (secondary N) is 3. The molecule has 0 saturated carbocycles. The maximum Gasteiger partial charge on any atom is 0.319 e. The summed E-state index contributed by atoms with van der Waals surface area (Å²) in [4.78, 5) is 16.9. The number of hydrogen-bond donors (Lipinski definition) is 3. The van der Waals surface area contributed by atoms with Crippen LogP contribution in [-0.4, -0.2) is 30.4 Å². The van der Waals surface area contributed by atoms with Gasteiger partial charge in [0, 0.05) is 29.5 Å². The standard InChI is InChI=1S/C21H27N3OS2/c1-26-19-9-7-15(8-10-19)22-21(25)23-16-12-17-4-2-5-18(13-16)24(17)14-20-6-3-11-27-20/h3,6-11,16-18H,2,4-5,12-14H2,1H3,(H2,22,23,25)/p+1/t16?,17-,18+. The van der Waals surface area contributed by atoms with Crippen LogP contribution >= 0.6 is 23.1 Å². The molecule has 2 amide bonds. The van der Waals surface area contributed by atoms with Crippen molar-refractivity contribution in [3.05, 3.63) is 46.7 Å². The number of fused-ring (bicyclic) bond motifs is 2. The third-order valence-corrected chi connectivity index (χ3v) is 7.55. The van der Waals surface area contributed by atoms with Gasteiger partial charge in [0.05, 0.1) is 17.0 Å². The van der Waals surface area contributed by atoms with Crippen molar-refractivity contribution in [2.45, 2.75) is 61.7 Å². The van der Waals surface area contributed by atoms with Gasteiger partial charge in [0.2, 0.25) is 0 Å². The number of carbonyl (C=O) groups is 1. The van der Waals surface area contributed by atoms with Gasteiger partial charge in [-0.05, 0) is 61.2 Å². The number of rotatable bonds is 5. The van der Waals surface area contributed by atoms with Gasteiger partial charge in [-0.25, -0.2) is 4.79 Å². The first-order valence-electron chi connectivity index (χ1n) is 9.81. The fraction of sp³-hybridized carbons (Fsp3) is 0.476. The zero-order valence-electron chi connectivity index (χ0n) is 15.7. The Morgan fingerprint density at radius 3 is 2.56 bits per heavy atom. The molecular weight excluding hydrogens is 374 g/mol. The van der Waals surface area contributed by atoms with Crippen molar-refractivity contribution in [1.82, 2.24) is 5.32 Å². The highest BCUT2D eigenvalue weighted by molar-refractivity contribution is 7.98. The molecule has 0 radical (unpaired) electrons. The molecule has 2 bridgehead atoms. The Kier molecular flexibility index (Phi) is 6.05. The van der Waals surface area contributed by atoms with Gasteiger partial charge >= 0.3 is 6.03 Å². The average molecular weight is 403 g/mol. The van der Waals surface area contributed by atoms with E-state index in [-0.39, 0.29) is 12.1 Å². The maximum absolute atomic E-state index is 12.5. The summed E-state index contributed by atoms with van der Waals surface area (Å²) < 4.78 is 0. The Labute approximate surface area is 169 Å². The first-order chi connectivity index (χ1) is 13.2. The Balaban J connectivity index is 1.33. The van der Waals surface area contributed by atoms with Crippen molar-refractivity contribution >= 4 is 34.8 Å². The van der Waals surface area contributed by atoms with Gasteiger partial charge < -0.3 is 15.5 Å². The molecule has 4 atom stereocenters. The van der Waals surface area contributed by atoms with Gasteiger partial charge in [-0.1, -0.05) is 6.07 Å². The van der Waals surface area contributed by atoms with E-state index in [0.29, 0.717) is 12.1 Å². The third kappa shape index (κ3) is 4.68. The highest BCUT2D eigenvalue weighted by atomic mass is 32.2. The van der Waals surface area contributed by atoms with Crippen molar-refractivity contribution in [1.29, 1.82) is 0 Å². The molecular formula is C21H28N3OS2+. The van der Waals surface area contributed by atoms with Gasteiger partial charge in [-0.2, -0.15) is 0 Å². The van der Waals surface area contributed by atoms with Gasteiger partial charge in [-0.15, -0.1) is 23.1 Å². The molecule has 1 aromatic carbocycles. The van der Waals surface area contributed by atoms with Gasteiger partial charge in [-0.3, -0.25) is 0 Å². The molecule has 2 saturated heterocycles. The molecule has 2 unspecified atom stereocenters. The Bertz CT molecular complexity index is 733. The molecule has 2 fully saturated rings. The zero-order chi connectivity index (χ0) is 18.6. The van der Waals surface area contributed by atoms with Crippen LogP contribution < -0.4 is 15.5 Å². The average Bonchev–Trinajstić information content (AvgIpc) is 3.16. The summed E-state index contributed by atoms with van der Waals surface area (Å²) in [5.74, 6) is 0. The number of piperidine rings is 2. The Morgan fingerprint density at radius 2 is 1.93 bits per heavy atom. The van der Waals surface area contributed by atoms with Gasteiger partial charge in [0.1, 0.15) is 6.54 Å². The monoisotopic (exact) mass is 402 g/mol. The summed E-state index contributed by atoms with van der Waals surface area (Å²) in [5.41, 5.74) is 0.853. The molecule has 27 heavy (non-hydrogen) atoms. The van der Waals surface area contributed by atoms with E-state index < -0.39 is 0 Å². The lowest BCUT2D eigenvalue weighted by Gasteiger charge is -2.45. The van der Waals surface area contributed by atoms with E-state index in [1.165, 1.54) is 29.0 Å². The van der Waals surface area contributed by atoms with E-state index in [0.717, 1.165) is 25.1 Å². The number of hydrogen-bond acceptors (Lipinski definition) is 3. The second-order valence-corrected chi connectivity index (χ2v) is 9.56. The predicted octanol–water partition coefficient (Wildman–Crippen LogP) is 3.76. The minimum absolute atomic E-state index is 0.0725. The van der Waals surface area contributed by atoms with E-state index in [1.54, 1.807) is 16.7 Å². The molecule has 2 aliphatic rings. The minimum atomic E-state index is -0.0725. The molecule has 4 rings (SSSR count). The van der Waals surface area contributed by atoms with Crippen molar-refractivity contribution < 1.29 is 9.69 Å². The first kappa shape index (κ1) is 18.8. The molecule has 2 aromatic rings. The molecule has 2 aliphatic heterocycles. The van der Waals surface area contributed by atoms with Crippen LogP contribution in [0.25, 0.3) is 0 Å². The summed E-state index contributed by atoms with van der Waals surface area (Å²) in [7, 11) is 0. The second-order valence-electron chi connectivity index (χ2n) is 7.65. The summed E-state index contributed by atoms with van der Waals surface area (Å²) in [5, 5.41) is 8.40. The summed E-state index contributed by atoms with van der Waals surface area (Å²) >= 11 is 3.57. The Hall–Kier alpha value is -1.50. The normalized spacial score (nSPS) is 27.1. The van der Waals surface area contributed by atoms with Crippen molar-refractivity contribution in [3.8, 4) is 0 Å². The van der Waals surface area contributed by atoms with Gasteiger partial charge in [0.15, 0.2) is 0 Å². The largest absolute Gasteiger partial charge is 0.335 e. The number of urea groups is 1. The molecule has 0 aliphatic carbocycles. The summed E-state index contributed by atoms with van der Waals surface area (Å²) in [6.45, 7) is 1.15. The molecule has 3 heterocycles. The SMILES string of the molecule is CSc1ccc(NC(=O)NC2C[C@H]3CCC[C@@H](C2)[NH+]3Cc2cccs2)cc1. The van der Waals surface area contributed by atoms with Crippen LogP contribution in [0.4, 0.5) is 10.5 Å². The van der Waals surface area contributed by atoms with Crippen LogP contribution in [0.5, 0.6) is 0 Å². The number of benzene rings is 1. The van der Waals surface area contributed by atoms with E-state index in [2.05, 4.69) is 34.4 Å². The van der Waals surface area contributed by atoms with Crippen LogP contribution in [0.3, 0.4) is 0 Å². The van der Waals surface area contributed by atoms with Crippen molar-refractivity contribution in [2.24, 2.45) is 0 Å². The van der Waals surface area contributed by atoms with Crippen LogP contribution in [0.1, 0.15) is 37.0 Å². The molecule has 3 N–H and O–H groups in total. The predicted molar refractivity (Wildman–Crippen MR) is 114 cm³/mol. The van der Waals surface area contributed by atoms with Crippen LogP contribution in [0.15, 0.2) is 46.7 Å². The highest BCUT2D eigenvalue weighted by Crippen LogP contribution is 2.24. The summed E-state index contributed by atoms with van der Waals surface area (Å²) in [6.07, 6.45) is 8.15. The second kappa shape index (κ2) is 8.67. The zero-order valence-corrected chi connectivity index (χ0v) is 17.4. The number of thiophene rings is 1. The van der Waals surface area contributed by atoms with E-state index in [4.69, 9.17) is 0 Å². The lowest BCUT2D eigenvalue weighted by Crippen LogP contribution is -3.20. The molecule has 1 aromatic heterocycles. The van der Waals surface area contributed by atoms with E-state index in [9.17, 15) is 4.79 Å². The number of carbonyl (C=O) groups excluding carboxylic acids is 1. The molecule has 6 heteroatoms. The smallest absolute Gasteiger partial charge is 0.319 e. The lowest BCUT2D eigenvalue weighted by atomic mass is 9.81. The maximum atomic E-state index is 12.5. The lowest BCUT2D eigenvalue weighted by molar-refractivity contribution is -0.973. The quantitative estimate of drug-likeness (QED) is 0.667. The number of thioether (sulfide) groups is 1. The van der Waals surface area contributed by atoms with E-state index in [1.807, 2.05) is 35.6 Å². The fourth-order valence-electron chi connectivity index (χ4n) is 4.68. The van der Waals surface area contributed by atoms with Crippen molar-refractivity contribution in [3.63, 3.8) is 0 Å². The van der Waals surface area contributed by atoms with Crippen LogP contribution in [0, 0.1) is 0 Å². The number of quaternary nitrogens is 1. The molecule has 4 nitrogen and oxygen atoms in total. The van der Waals surface area contributed by atoms with E-state index >= 15 is 0 Å². The minimum Gasteiger partial charge on any atom is -0.335 e. The van der Waals surface area contributed by atoms with Crippen LogP contribution in [0.2, 0.25) is 0 Å². The third-order valence-electron chi connectivity index (χ3n) is 5.93. The molecule has 0 spiro atoms. The molecule has 144 valence electrons. The Morgan fingerprint density at radius 1 is 1.19 bits per heavy atom. The topological polar surface area (TPSA) is 45.6 Å². The number of anilines is 1. The summed E-state index contributed by atoms with van der Waals surface area (Å²) in [6, 6.07) is 14.0. The highest BCUT2D eigenvalue weighted by Gasteiger charge is 2.42. The first-order valence-corrected chi connectivity index (χ1v) is 11.9. The van der Waals surface area contributed by atoms with Gasteiger partial charge in [0.25, 0.3) is 0 Å². The fourth-order valence-corrected chi connectivity index (χ4v) is 5.83. The number of amides is 2. The van der Waals surface area contributed by atoms with Crippen LogP contribution in [-0.2, 0) is 6.54 Å². The van der Waals surface area contributed by atoms with Crippen molar-refractivity contribution in [2.75, 3.05) is 11.6 Å².